The van der Waals surface area contributed by atoms with Gasteiger partial charge in [0.1, 0.15) is 17.3 Å². The summed E-state index contributed by atoms with van der Waals surface area (Å²) in [6.45, 7) is 4.29. The van der Waals surface area contributed by atoms with Gasteiger partial charge < -0.3 is 9.47 Å². The number of rotatable bonds is 8. The van der Waals surface area contributed by atoms with Crippen LogP contribution in [0.15, 0.2) is 57.9 Å². The highest BCUT2D eigenvalue weighted by Gasteiger charge is 2.14. The molecule has 0 fully saturated rings. The van der Waals surface area contributed by atoms with Crippen LogP contribution in [-0.2, 0) is 0 Å². The molecule has 0 aliphatic heterocycles. The maximum absolute atomic E-state index is 13.3. The lowest BCUT2D eigenvalue weighted by Gasteiger charge is -2.11. The highest BCUT2D eigenvalue weighted by atomic mass is 32.1. The maximum atomic E-state index is 13.3. The lowest BCUT2D eigenvalue weighted by Crippen LogP contribution is -2.13. The normalized spacial score (nSPS) is 12.1. The molecule has 0 N–H and O–H groups in total. The smallest absolute Gasteiger partial charge is 0.211 e. The minimum atomic E-state index is -0.290. The third-order valence-electron chi connectivity index (χ3n) is 4.86. The van der Waals surface area contributed by atoms with E-state index in [1.54, 1.807) is 26.4 Å². The monoisotopic (exact) mass is 427 g/mol. The molecular formula is C23H26FN3O2S. The summed E-state index contributed by atoms with van der Waals surface area (Å²) >= 11 is 1.46. The molecule has 1 heterocycles. The van der Waals surface area contributed by atoms with Crippen LogP contribution in [0.3, 0.4) is 0 Å². The van der Waals surface area contributed by atoms with Crippen molar-refractivity contribution in [1.29, 1.82) is 0 Å². The molecule has 7 heteroatoms. The Bertz CT molecular complexity index is 1070. The summed E-state index contributed by atoms with van der Waals surface area (Å²) in [6, 6.07) is 11.7. The second-order valence-electron chi connectivity index (χ2n) is 6.71. The molecule has 0 aliphatic rings. The van der Waals surface area contributed by atoms with Gasteiger partial charge >= 0.3 is 0 Å². The Morgan fingerprint density at radius 2 is 1.80 bits per heavy atom. The zero-order valence-electron chi connectivity index (χ0n) is 17.6. The van der Waals surface area contributed by atoms with E-state index in [1.807, 2.05) is 34.5 Å². The summed E-state index contributed by atoms with van der Waals surface area (Å²) in [5, 5.41) is 6.76. The van der Waals surface area contributed by atoms with E-state index in [0.717, 1.165) is 29.8 Å². The summed E-state index contributed by atoms with van der Waals surface area (Å²) < 4.78 is 26.1. The first-order chi connectivity index (χ1) is 14.6. The minimum absolute atomic E-state index is 0.290. The van der Waals surface area contributed by atoms with Gasteiger partial charge in [0.25, 0.3) is 0 Å². The molecule has 0 unspecified atom stereocenters. The van der Waals surface area contributed by atoms with Crippen LogP contribution in [0.2, 0.25) is 0 Å². The first-order valence-electron chi connectivity index (χ1n) is 9.87. The van der Waals surface area contributed by atoms with Gasteiger partial charge in [0.15, 0.2) is 0 Å². The maximum Gasteiger partial charge on any atom is 0.211 e. The number of thiazole rings is 1. The highest BCUT2D eigenvalue weighted by molar-refractivity contribution is 7.07. The van der Waals surface area contributed by atoms with Crippen LogP contribution in [-0.4, -0.2) is 25.1 Å². The van der Waals surface area contributed by atoms with Crippen molar-refractivity contribution in [2.75, 3.05) is 14.2 Å². The molecule has 30 heavy (non-hydrogen) atoms. The van der Waals surface area contributed by atoms with Crippen molar-refractivity contribution in [3.8, 4) is 22.8 Å². The molecule has 2 aromatic carbocycles. The Morgan fingerprint density at radius 1 is 1.07 bits per heavy atom. The SMILES string of the molecule is CCC(/C=N\n1c(-c2cc(OC)ccc2OC)csc1=Nc1ccc(F)cc1)CC. The van der Waals surface area contributed by atoms with E-state index in [-0.39, 0.29) is 5.82 Å². The average Bonchev–Trinajstić information content (AvgIpc) is 3.17. The van der Waals surface area contributed by atoms with Gasteiger partial charge in [-0.2, -0.15) is 5.10 Å². The van der Waals surface area contributed by atoms with Gasteiger partial charge in [-0.15, -0.1) is 11.3 Å². The van der Waals surface area contributed by atoms with Crippen LogP contribution in [0.25, 0.3) is 11.3 Å². The predicted octanol–water partition coefficient (Wildman–Crippen LogP) is 5.88. The van der Waals surface area contributed by atoms with Crippen molar-refractivity contribution in [1.82, 2.24) is 4.68 Å². The lowest BCUT2D eigenvalue weighted by atomic mass is 10.1. The highest BCUT2D eigenvalue weighted by Crippen LogP contribution is 2.34. The van der Waals surface area contributed by atoms with E-state index in [0.29, 0.717) is 22.2 Å². The topological polar surface area (TPSA) is 48.1 Å². The van der Waals surface area contributed by atoms with Crippen molar-refractivity contribution in [2.24, 2.45) is 16.0 Å². The summed E-state index contributed by atoms with van der Waals surface area (Å²) in [5.41, 5.74) is 2.36. The van der Waals surface area contributed by atoms with Crippen LogP contribution >= 0.6 is 11.3 Å². The molecule has 0 radical (unpaired) electrons. The molecule has 158 valence electrons. The quantitative estimate of drug-likeness (QED) is 0.422. The van der Waals surface area contributed by atoms with Crippen molar-refractivity contribution >= 4 is 23.2 Å². The molecule has 3 aromatic rings. The van der Waals surface area contributed by atoms with E-state index < -0.39 is 0 Å². The van der Waals surface area contributed by atoms with Crippen molar-refractivity contribution < 1.29 is 13.9 Å². The number of nitrogens with zero attached hydrogens (tertiary/aromatic N) is 3. The zero-order chi connectivity index (χ0) is 21.5. The minimum Gasteiger partial charge on any atom is -0.497 e. The van der Waals surface area contributed by atoms with Crippen LogP contribution in [0.1, 0.15) is 26.7 Å². The average molecular weight is 428 g/mol. The summed E-state index contributed by atoms with van der Waals surface area (Å²) in [6.07, 6.45) is 3.98. The van der Waals surface area contributed by atoms with Crippen LogP contribution in [0, 0.1) is 11.7 Å². The molecule has 0 amide bonds. The van der Waals surface area contributed by atoms with Crippen molar-refractivity contribution in [3.05, 3.63) is 58.5 Å². The Hall–Kier alpha value is -2.93. The van der Waals surface area contributed by atoms with Gasteiger partial charge in [-0.25, -0.2) is 14.1 Å². The first kappa shape index (κ1) is 21.8. The van der Waals surface area contributed by atoms with E-state index >= 15 is 0 Å². The Labute approximate surface area is 180 Å². The van der Waals surface area contributed by atoms with Gasteiger partial charge in [0, 0.05) is 17.2 Å². The van der Waals surface area contributed by atoms with Crippen molar-refractivity contribution in [3.63, 3.8) is 0 Å². The molecule has 0 atom stereocenters. The fraction of sp³-hybridized carbons (Fsp3) is 0.304. The predicted molar refractivity (Wildman–Crippen MR) is 120 cm³/mol. The molecule has 5 nitrogen and oxygen atoms in total. The van der Waals surface area contributed by atoms with Gasteiger partial charge in [0.2, 0.25) is 4.80 Å². The number of benzene rings is 2. The van der Waals surface area contributed by atoms with E-state index in [4.69, 9.17) is 14.6 Å². The number of ether oxygens (including phenoxy) is 2. The molecule has 0 aliphatic carbocycles. The molecular weight excluding hydrogens is 401 g/mol. The van der Waals surface area contributed by atoms with Crippen molar-refractivity contribution in [2.45, 2.75) is 26.7 Å². The Balaban J connectivity index is 2.19. The number of methoxy groups -OCH3 is 2. The van der Waals surface area contributed by atoms with Gasteiger partial charge in [0.05, 0.1) is 25.6 Å². The molecule has 3 rings (SSSR count). The zero-order valence-corrected chi connectivity index (χ0v) is 18.4. The molecule has 0 spiro atoms. The van der Waals surface area contributed by atoms with Crippen LogP contribution < -0.4 is 14.3 Å². The standard InChI is InChI=1S/C23H26FN3O2S/c1-5-16(6-2)14-25-27-21(20-13-19(28-3)11-12-22(20)29-4)15-30-23(27)26-18-9-7-17(24)8-10-18/h7-16H,5-6H2,1-4H3/b25-14-,26-23?. The third kappa shape index (κ3) is 4.97. The van der Waals surface area contributed by atoms with Crippen LogP contribution in [0.4, 0.5) is 10.1 Å². The summed E-state index contributed by atoms with van der Waals surface area (Å²) in [7, 11) is 3.27. The molecule has 0 saturated carbocycles. The van der Waals surface area contributed by atoms with Gasteiger partial charge in [-0.05, 0) is 61.2 Å². The van der Waals surface area contributed by atoms with Gasteiger partial charge in [-0.1, -0.05) is 13.8 Å². The first-order valence-corrected chi connectivity index (χ1v) is 10.7. The second-order valence-corrected chi connectivity index (χ2v) is 7.55. The van der Waals surface area contributed by atoms with Gasteiger partial charge in [-0.3, -0.25) is 0 Å². The summed E-state index contributed by atoms with van der Waals surface area (Å²) in [5.74, 6) is 1.52. The molecule has 1 aromatic heterocycles. The molecule has 0 saturated heterocycles. The number of hydrogen-bond donors (Lipinski definition) is 0. The molecule has 0 bridgehead atoms. The van der Waals surface area contributed by atoms with E-state index in [9.17, 15) is 4.39 Å². The summed E-state index contributed by atoms with van der Waals surface area (Å²) in [4.78, 5) is 5.37. The Kier molecular flexibility index (Phi) is 7.41. The van der Waals surface area contributed by atoms with E-state index in [2.05, 4.69) is 18.8 Å². The van der Waals surface area contributed by atoms with E-state index in [1.165, 1.54) is 23.5 Å². The fourth-order valence-electron chi connectivity index (χ4n) is 2.98. The second kappa shape index (κ2) is 10.2. The van der Waals surface area contributed by atoms with Crippen LogP contribution in [0.5, 0.6) is 11.5 Å². The third-order valence-corrected chi connectivity index (χ3v) is 5.68. The number of aromatic nitrogens is 1. The number of halogens is 1. The number of hydrogen-bond acceptors (Lipinski definition) is 5. The lowest BCUT2D eigenvalue weighted by molar-refractivity contribution is 0.404. The largest absolute Gasteiger partial charge is 0.497 e. The fourth-order valence-corrected chi connectivity index (χ4v) is 3.82. The Morgan fingerprint density at radius 3 is 2.43 bits per heavy atom.